The molecule has 0 radical (unpaired) electrons. The molecule has 1 saturated carbocycles. The fraction of sp³-hybridized carbons (Fsp3) is 0.615. The van der Waals surface area contributed by atoms with E-state index in [1.165, 1.54) is 12.3 Å². The van der Waals surface area contributed by atoms with Gasteiger partial charge < -0.3 is 9.84 Å². The standard InChI is InChI=1S/C13H18FNO2/c1-2-17-13(6-3-4-7-13)12(16)10-5-8-15-9-11(10)14/h5,8-9,12,16H,2-4,6-7H2,1H3. The summed E-state index contributed by atoms with van der Waals surface area (Å²) in [5.41, 5.74) is -0.327. The predicted molar refractivity (Wildman–Crippen MR) is 62.0 cm³/mol. The van der Waals surface area contributed by atoms with Crippen molar-refractivity contribution < 1.29 is 14.2 Å². The van der Waals surface area contributed by atoms with Crippen molar-refractivity contribution in [2.24, 2.45) is 0 Å². The molecule has 0 aliphatic heterocycles. The highest BCUT2D eigenvalue weighted by Crippen LogP contribution is 2.43. The Kier molecular flexibility index (Phi) is 3.74. The van der Waals surface area contributed by atoms with Gasteiger partial charge in [-0.05, 0) is 25.8 Å². The molecular formula is C13H18FNO2. The number of aliphatic hydroxyl groups is 1. The van der Waals surface area contributed by atoms with E-state index in [1.807, 2.05) is 6.92 Å². The van der Waals surface area contributed by atoms with Gasteiger partial charge in [0.25, 0.3) is 0 Å². The first-order valence-electron chi connectivity index (χ1n) is 6.11. The van der Waals surface area contributed by atoms with Crippen LogP contribution >= 0.6 is 0 Å². The Bertz CT molecular complexity index is 377. The van der Waals surface area contributed by atoms with Gasteiger partial charge in [-0.25, -0.2) is 4.39 Å². The first kappa shape index (κ1) is 12.5. The summed E-state index contributed by atoms with van der Waals surface area (Å²) in [4.78, 5) is 3.70. The van der Waals surface area contributed by atoms with Gasteiger partial charge in [-0.2, -0.15) is 0 Å². The highest BCUT2D eigenvalue weighted by Gasteiger charge is 2.43. The van der Waals surface area contributed by atoms with Gasteiger partial charge >= 0.3 is 0 Å². The molecule has 4 heteroatoms. The molecule has 1 aromatic heterocycles. The third kappa shape index (κ3) is 2.33. The van der Waals surface area contributed by atoms with Gasteiger partial charge in [0.05, 0.1) is 11.8 Å². The van der Waals surface area contributed by atoms with Gasteiger partial charge in [-0.15, -0.1) is 0 Å². The summed E-state index contributed by atoms with van der Waals surface area (Å²) in [6, 6.07) is 1.53. The number of pyridine rings is 1. The lowest BCUT2D eigenvalue weighted by Gasteiger charge is -2.34. The van der Waals surface area contributed by atoms with Crippen molar-refractivity contribution in [1.29, 1.82) is 0 Å². The van der Waals surface area contributed by atoms with Gasteiger partial charge in [0.1, 0.15) is 11.9 Å². The Morgan fingerprint density at radius 1 is 1.53 bits per heavy atom. The van der Waals surface area contributed by atoms with E-state index in [0.29, 0.717) is 6.61 Å². The van der Waals surface area contributed by atoms with Crippen LogP contribution in [0.2, 0.25) is 0 Å². The summed E-state index contributed by atoms with van der Waals surface area (Å²) in [5.74, 6) is -0.467. The number of ether oxygens (including phenoxy) is 1. The Hall–Kier alpha value is -1.00. The Labute approximate surface area is 101 Å². The zero-order valence-corrected chi connectivity index (χ0v) is 10.0. The van der Waals surface area contributed by atoms with E-state index in [2.05, 4.69) is 4.98 Å². The van der Waals surface area contributed by atoms with Gasteiger partial charge in [0.2, 0.25) is 0 Å². The summed E-state index contributed by atoms with van der Waals surface area (Å²) >= 11 is 0. The summed E-state index contributed by atoms with van der Waals surface area (Å²) in [5, 5.41) is 10.4. The third-order valence-electron chi connectivity index (χ3n) is 3.48. The summed E-state index contributed by atoms with van der Waals surface area (Å²) in [6.07, 6.45) is 5.32. The topological polar surface area (TPSA) is 42.4 Å². The summed E-state index contributed by atoms with van der Waals surface area (Å²) < 4.78 is 19.4. The SMILES string of the molecule is CCOC1(C(O)c2ccncc2F)CCCC1. The lowest BCUT2D eigenvalue weighted by Crippen LogP contribution is -2.37. The van der Waals surface area contributed by atoms with E-state index >= 15 is 0 Å². The van der Waals surface area contributed by atoms with Crippen molar-refractivity contribution in [2.45, 2.75) is 44.3 Å². The molecule has 2 rings (SSSR count). The Balaban J connectivity index is 2.28. The van der Waals surface area contributed by atoms with Crippen molar-refractivity contribution in [1.82, 2.24) is 4.98 Å². The second kappa shape index (κ2) is 5.10. The minimum absolute atomic E-state index is 0.287. The van der Waals surface area contributed by atoms with Crippen molar-refractivity contribution in [3.63, 3.8) is 0 Å². The molecule has 0 aromatic carbocycles. The smallest absolute Gasteiger partial charge is 0.147 e. The van der Waals surface area contributed by atoms with Gasteiger partial charge in [-0.1, -0.05) is 12.8 Å². The molecule has 0 amide bonds. The Morgan fingerprint density at radius 2 is 2.24 bits per heavy atom. The number of aliphatic hydroxyl groups excluding tert-OH is 1. The van der Waals surface area contributed by atoms with E-state index in [9.17, 15) is 9.50 Å². The molecule has 0 bridgehead atoms. The highest BCUT2D eigenvalue weighted by atomic mass is 19.1. The van der Waals surface area contributed by atoms with Crippen LogP contribution in [0, 0.1) is 5.82 Å². The fourth-order valence-corrected chi connectivity index (χ4v) is 2.65. The molecular weight excluding hydrogens is 221 g/mol. The average molecular weight is 239 g/mol. The first-order chi connectivity index (χ1) is 8.19. The monoisotopic (exact) mass is 239 g/mol. The van der Waals surface area contributed by atoms with E-state index in [-0.39, 0.29) is 5.56 Å². The number of halogens is 1. The third-order valence-corrected chi connectivity index (χ3v) is 3.48. The molecule has 3 nitrogen and oxygen atoms in total. The largest absolute Gasteiger partial charge is 0.385 e. The number of hydrogen-bond acceptors (Lipinski definition) is 3. The van der Waals surface area contributed by atoms with E-state index < -0.39 is 17.5 Å². The molecule has 1 fully saturated rings. The van der Waals surface area contributed by atoms with Crippen molar-refractivity contribution >= 4 is 0 Å². The second-order valence-corrected chi connectivity index (χ2v) is 4.50. The van der Waals surface area contributed by atoms with Gasteiger partial charge in [0.15, 0.2) is 0 Å². The molecule has 94 valence electrons. The van der Waals surface area contributed by atoms with Crippen LogP contribution in [0.25, 0.3) is 0 Å². The molecule has 1 unspecified atom stereocenters. The van der Waals surface area contributed by atoms with Gasteiger partial charge in [0, 0.05) is 18.4 Å². The van der Waals surface area contributed by atoms with Crippen molar-refractivity contribution in [3.8, 4) is 0 Å². The minimum atomic E-state index is -0.909. The van der Waals surface area contributed by atoms with E-state index in [4.69, 9.17) is 4.74 Å². The minimum Gasteiger partial charge on any atom is -0.385 e. The van der Waals surface area contributed by atoms with Gasteiger partial charge in [-0.3, -0.25) is 4.98 Å². The molecule has 1 heterocycles. The van der Waals surface area contributed by atoms with Crippen LogP contribution in [-0.2, 0) is 4.74 Å². The van der Waals surface area contributed by atoms with E-state index in [1.54, 1.807) is 0 Å². The molecule has 1 N–H and O–H groups in total. The zero-order chi connectivity index (χ0) is 12.3. The summed E-state index contributed by atoms with van der Waals surface area (Å²) in [7, 11) is 0. The van der Waals surface area contributed by atoms with Crippen LogP contribution in [0.4, 0.5) is 4.39 Å². The maximum absolute atomic E-state index is 13.6. The van der Waals surface area contributed by atoms with Crippen LogP contribution < -0.4 is 0 Å². The fourth-order valence-electron chi connectivity index (χ4n) is 2.65. The van der Waals surface area contributed by atoms with Crippen LogP contribution in [0.15, 0.2) is 18.5 Å². The van der Waals surface area contributed by atoms with Crippen molar-refractivity contribution in [2.75, 3.05) is 6.61 Å². The lowest BCUT2D eigenvalue weighted by molar-refractivity contribution is -0.119. The predicted octanol–water partition coefficient (Wildman–Crippen LogP) is 2.60. The first-order valence-corrected chi connectivity index (χ1v) is 6.11. The molecule has 1 atom stereocenters. The van der Waals surface area contributed by atoms with Crippen LogP contribution in [-0.4, -0.2) is 22.3 Å². The number of aromatic nitrogens is 1. The summed E-state index contributed by atoms with van der Waals surface area (Å²) in [6.45, 7) is 2.43. The van der Waals surface area contributed by atoms with Crippen LogP contribution in [0.1, 0.15) is 44.3 Å². The maximum Gasteiger partial charge on any atom is 0.147 e. The second-order valence-electron chi connectivity index (χ2n) is 4.50. The average Bonchev–Trinajstić information content (AvgIpc) is 2.79. The maximum atomic E-state index is 13.6. The number of nitrogens with zero attached hydrogens (tertiary/aromatic N) is 1. The molecule has 17 heavy (non-hydrogen) atoms. The Morgan fingerprint density at radius 3 is 2.82 bits per heavy atom. The molecule has 0 spiro atoms. The number of hydrogen-bond donors (Lipinski definition) is 1. The van der Waals surface area contributed by atoms with Crippen molar-refractivity contribution in [3.05, 3.63) is 29.8 Å². The lowest BCUT2D eigenvalue weighted by atomic mass is 9.89. The molecule has 1 aromatic rings. The number of rotatable bonds is 4. The van der Waals surface area contributed by atoms with E-state index in [0.717, 1.165) is 31.9 Å². The molecule has 1 aliphatic carbocycles. The molecule has 1 aliphatic rings. The quantitative estimate of drug-likeness (QED) is 0.878. The normalized spacial score (nSPS) is 20.4. The zero-order valence-electron chi connectivity index (χ0n) is 10.0. The van der Waals surface area contributed by atoms with Crippen LogP contribution in [0.5, 0.6) is 0 Å². The molecule has 0 saturated heterocycles. The van der Waals surface area contributed by atoms with Crippen LogP contribution in [0.3, 0.4) is 0 Å². The highest BCUT2D eigenvalue weighted by molar-refractivity contribution is 5.20.